The maximum atomic E-state index is 8.85. The van der Waals surface area contributed by atoms with Crippen molar-refractivity contribution in [2.75, 3.05) is 18.0 Å². The molecule has 1 aliphatic rings. The summed E-state index contributed by atoms with van der Waals surface area (Å²) in [7, 11) is 0. The zero-order valence-corrected chi connectivity index (χ0v) is 9.35. The minimum Gasteiger partial charge on any atom is -0.338 e. The molecule has 0 bridgehead atoms. The van der Waals surface area contributed by atoms with E-state index in [0.717, 1.165) is 36.5 Å². The quantitative estimate of drug-likeness (QED) is 0.755. The van der Waals surface area contributed by atoms with Gasteiger partial charge in [-0.05, 0) is 24.6 Å². The molecule has 1 aromatic heterocycles. The van der Waals surface area contributed by atoms with Crippen LogP contribution < -0.4 is 4.90 Å². The van der Waals surface area contributed by atoms with Crippen LogP contribution in [0.25, 0.3) is 11.0 Å². The topological polar surface area (TPSA) is 55.7 Å². The molecule has 84 valence electrons. The Labute approximate surface area is 99.2 Å². The van der Waals surface area contributed by atoms with Crippen molar-refractivity contribution < 1.29 is 0 Å². The lowest BCUT2D eigenvalue weighted by atomic mass is 10.2. The Morgan fingerprint density at radius 1 is 1.35 bits per heavy atom. The van der Waals surface area contributed by atoms with Crippen molar-refractivity contribution in [1.29, 1.82) is 5.26 Å². The molecule has 3 rings (SSSR count). The molecule has 0 radical (unpaired) electrons. The smallest absolute Gasteiger partial charge is 0.204 e. The average Bonchev–Trinajstić information content (AvgIpc) is 2.82. The van der Waals surface area contributed by atoms with E-state index in [9.17, 15) is 0 Å². The molecule has 4 heteroatoms. The Morgan fingerprint density at radius 2 is 2.29 bits per heavy atom. The molecule has 0 atom stereocenters. The highest BCUT2D eigenvalue weighted by Gasteiger charge is 2.11. The number of hydrogen-bond donors (Lipinski definition) is 1. The van der Waals surface area contributed by atoms with Crippen molar-refractivity contribution in [1.82, 2.24) is 9.97 Å². The minimum absolute atomic E-state index is 0.659. The number of H-pyrrole nitrogens is 1. The van der Waals surface area contributed by atoms with Gasteiger partial charge in [0.1, 0.15) is 0 Å². The van der Waals surface area contributed by atoms with Crippen LogP contribution in [0.4, 0.5) is 5.95 Å². The van der Waals surface area contributed by atoms with E-state index in [1.807, 2.05) is 12.1 Å². The van der Waals surface area contributed by atoms with Gasteiger partial charge in [0.2, 0.25) is 5.95 Å². The third-order valence-corrected chi connectivity index (χ3v) is 2.96. The second-order valence-corrected chi connectivity index (χ2v) is 4.11. The van der Waals surface area contributed by atoms with Gasteiger partial charge < -0.3 is 9.88 Å². The number of aromatic amines is 1. The van der Waals surface area contributed by atoms with Crippen molar-refractivity contribution in [2.45, 2.75) is 6.42 Å². The predicted molar refractivity (Wildman–Crippen MR) is 66.8 cm³/mol. The number of nitrogens with one attached hydrogen (secondary N) is 1. The van der Waals surface area contributed by atoms with Crippen molar-refractivity contribution >= 4 is 17.0 Å². The summed E-state index contributed by atoms with van der Waals surface area (Å²) >= 11 is 0. The lowest BCUT2D eigenvalue weighted by molar-refractivity contribution is 0.797. The molecule has 1 aliphatic heterocycles. The molecule has 0 saturated heterocycles. The molecule has 0 amide bonds. The molecule has 0 saturated carbocycles. The first-order valence-electron chi connectivity index (χ1n) is 5.66. The van der Waals surface area contributed by atoms with Crippen LogP contribution >= 0.6 is 0 Å². The van der Waals surface area contributed by atoms with E-state index >= 15 is 0 Å². The first kappa shape index (κ1) is 9.91. The molecule has 4 nitrogen and oxygen atoms in total. The zero-order valence-electron chi connectivity index (χ0n) is 9.35. The lowest BCUT2D eigenvalue weighted by Crippen LogP contribution is -2.27. The maximum Gasteiger partial charge on any atom is 0.204 e. The summed E-state index contributed by atoms with van der Waals surface area (Å²) in [6.45, 7) is 1.88. The van der Waals surface area contributed by atoms with Gasteiger partial charge in [0.15, 0.2) is 0 Å². The number of nitriles is 1. The molecule has 2 aromatic rings. The van der Waals surface area contributed by atoms with E-state index < -0.39 is 0 Å². The molecule has 0 aliphatic carbocycles. The van der Waals surface area contributed by atoms with E-state index in [1.165, 1.54) is 0 Å². The monoisotopic (exact) mass is 224 g/mol. The maximum absolute atomic E-state index is 8.85. The second kappa shape index (κ2) is 3.95. The highest BCUT2D eigenvalue weighted by atomic mass is 15.3. The summed E-state index contributed by atoms with van der Waals surface area (Å²) in [4.78, 5) is 10.0. The first-order chi connectivity index (χ1) is 8.36. The number of nitrogens with zero attached hydrogens (tertiary/aromatic N) is 3. The van der Waals surface area contributed by atoms with E-state index in [4.69, 9.17) is 5.26 Å². The van der Waals surface area contributed by atoms with Crippen molar-refractivity contribution in [3.8, 4) is 6.07 Å². The van der Waals surface area contributed by atoms with Gasteiger partial charge in [-0.3, -0.25) is 0 Å². The fraction of sp³-hybridized carbons (Fsp3) is 0.231. The average molecular weight is 224 g/mol. The fourth-order valence-corrected chi connectivity index (χ4v) is 2.05. The van der Waals surface area contributed by atoms with Gasteiger partial charge in [0.25, 0.3) is 0 Å². The van der Waals surface area contributed by atoms with E-state index in [-0.39, 0.29) is 0 Å². The van der Waals surface area contributed by atoms with Crippen LogP contribution in [-0.2, 0) is 0 Å². The lowest BCUT2D eigenvalue weighted by Gasteiger charge is -2.22. The molecule has 0 spiro atoms. The van der Waals surface area contributed by atoms with Crippen molar-refractivity contribution in [2.24, 2.45) is 0 Å². The molecule has 1 N–H and O–H groups in total. The number of fused-ring (bicyclic) bond motifs is 1. The number of anilines is 1. The van der Waals surface area contributed by atoms with Crippen molar-refractivity contribution in [3.05, 3.63) is 35.9 Å². The Balaban J connectivity index is 2.01. The van der Waals surface area contributed by atoms with Gasteiger partial charge >= 0.3 is 0 Å². The van der Waals surface area contributed by atoms with Crippen molar-refractivity contribution in [3.63, 3.8) is 0 Å². The molecule has 1 aromatic carbocycles. The SMILES string of the molecule is N#Cc1ccc2nc(N3CC=CCC3)[nH]c2c1. The fourth-order valence-electron chi connectivity index (χ4n) is 2.05. The Morgan fingerprint density at radius 3 is 3.06 bits per heavy atom. The molecule has 0 fully saturated rings. The number of imidazole rings is 1. The highest BCUT2D eigenvalue weighted by molar-refractivity contribution is 5.79. The Hall–Kier alpha value is -2.28. The number of hydrogen-bond acceptors (Lipinski definition) is 3. The van der Waals surface area contributed by atoms with E-state index in [2.05, 4.69) is 33.1 Å². The zero-order chi connectivity index (χ0) is 11.7. The van der Waals surface area contributed by atoms with Gasteiger partial charge in [-0.25, -0.2) is 4.98 Å². The molecular weight excluding hydrogens is 212 g/mol. The van der Waals surface area contributed by atoms with Gasteiger partial charge in [-0.2, -0.15) is 5.26 Å². The summed E-state index contributed by atoms with van der Waals surface area (Å²) in [5.74, 6) is 0.888. The number of benzene rings is 1. The van der Waals surface area contributed by atoms with Crippen LogP contribution in [0.1, 0.15) is 12.0 Å². The first-order valence-corrected chi connectivity index (χ1v) is 5.66. The van der Waals surface area contributed by atoms with Crippen LogP contribution in [0.15, 0.2) is 30.4 Å². The van der Waals surface area contributed by atoms with Crippen LogP contribution in [0, 0.1) is 11.3 Å². The summed E-state index contributed by atoms with van der Waals surface area (Å²) in [5.41, 5.74) is 2.49. The number of aromatic nitrogens is 2. The van der Waals surface area contributed by atoms with Gasteiger partial charge in [-0.15, -0.1) is 0 Å². The van der Waals surface area contributed by atoms with Crippen LogP contribution in [-0.4, -0.2) is 23.1 Å². The van der Waals surface area contributed by atoms with Crippen LogP contribution in [0.3, 0.4) is 0 Å². The summed E-state index contributed by atoms with van der Waals surface area (Å²) in [5, 5.41) is 8.85. The standard InChI is InChI=1S/C13H12N4/c14-9-10-4-5-11-12(8-10)16-13(15-11)17-6-2-1-3-7-17/h1-2,4-5,8H,3,6-7H2,(H,15,16). The second-order valence-electron chi connectivity index (χ2n) is 4.11. The molecule has 2 heterocycles. The van der Waals surface area contributed by atoms with Gasteiger partial charge in [0, 0.05) is 13.1 Å². The minimum atomic E-state index is 0.659. The molecule has 0 unspecified atom stereocenters. The largest absolute Gasteiger partial charge is 0.338 e. The highest BCUT2D eigenvalue weighted by Crippen LogP contribution is 2.19. The third-order valence-electron chi connectivity index (χ3n) is 2.96. The molecule has 17 heavy (non-hydrogen) atoms. The summed E-state index contributed by atoms with van der Waals surface area (Å²) < 4.78 is 0. The van der Waals surface area contributed by atoms with Crippen LogP contribution in [0.5, 0.6) is 0 Å². The van der Waals surface area contributed by atoms with E-state index in [0.29, 0.717) is 5.56 Å². The number of rotatable bonds is 1. The summed E-state index contributed by atoms with van der Waals surface area (Å²) in [6.07, 6.45) is 5.39. The van der Waals surface area contributed by atoms with Gasteiger partial charge in [0.05, 0.1) is 22.7 Å². The van der Waals surface area contributed by atoms with E-state index in [1.54, 1.807) is 6.07 Å². The third kappa shape index (κ3) is 1.76. The Kier molecular flexibility index (Phi) is 2.30. The van der Waals surface area contributed by atoms with Crippen LogP contribution in [0.2, 0.25) is 0 Å². The summed E-state index contributed by atoms with van der Waals surface area (Å²) in [6, 6.07) is 7.65. The normalized spacial score (nSPS) is 15.1. The Bertz CT molecular complexity index is 618. The predicted octanol–water partition coefficient (Wildman–Crippen LogP) is 2.20. The molecular formula is C13H12N4. The van der Waals surface area contributed by atoms with Gasteiger partial charge in [-0.1, -0.05) is 12.2 Å².